The molecule has 35 heavy (non-hydrogen) atoms. The smallest absolute Gasteiger partial charge is 0.303 e. The number of aliphatic carboxylic acids is 1. The first kappa shape index (κ1) is 25.9. The molecule has 0 aromatic heterocycles. The molecule has 0 spiro atoms. The summed E-state index contributed by atoms with van der Waals surface area (Å²) < 4.78 is 30.2. The monoisotopic (exact) mass is 490 g/mol. The molecular formula is C27H38O8. The van der Waals surface area contributed by atoms with E-state index in [0.717, 1.165) is 44.3 Å². The molecular weight excluding hydrogens is 452 g/mol. The van der Waals surface area contributed by atoms with Gasteiger partial charge in [0.25, 0.3) is 0 Å². The molecule has 0 amide bonds. The predicted octanol–water partition coefficient (Wildman–Crippen LogP) is 4.27. The maximum atomic E-state index is 11.7. The summed E-state index contributed by atoms with van der Waals surface area (Å²) in [4.78, 5) is 11.7. The van der Waals surface area contributed by atoms with Gasteiger partial charge in [0, 0.05) is 37.7 Å². The van der Waals surface area contributed by atoms with Crippen LogP contribution >= 0.6 is 0 Å². The fourth-order valence-corrected chi connectivity index (χ4v) is 5.20. The van der Waals surface area contributed by atoms with Crippen molar-refractivity contribution in [2.45, 2.75) is 82.6 Å². The van der Waals surface area contributed by atoms with Gasteiger partial charge in [-0.15, -0.1) is 0 Å². The number of carboxylic acids is 1. The molecule has 194 valence electrons. The first-order valence-electron chi connectivity index (χ1n) is 12.9. The fourth-order valence-electron chi connectivity index (χ4n) is 5.20. The van der Waals surface area contributed by atoms with Crippen molar-refractivity contribution in [3.63, 3.8) is 0 Å². The van der Waals surface area contributed by atoms with Crippen molar-refractivity contribution in [2.24, 2.45) is 11.8 Å². The molecule has 2 N–H and O–H groups in total. The molecule has 8 nitrogen and oxygen atoms in total. The second-order valence-corrected chi connectivity index (χ2v) is 9.53. The van der Waals surface area contributed by atoms with E-state index in [9.17, 15) is 15.0 Å². The van der Waals surface area contributed by atoms with Crippen LogP contribution in [-0.2, 0) is 23.7 Å². The Morgan fingerprint density at radius 2 is 1.74 bits per heavy atom. The highest BCUT2D eigenvalue weighted by Gasteiger charge is 2.48. The molecule has 1 saturated carbocycles. The molecule has 1 aromatic carbocycles. The molecule has 2 heterocycles. The van der Waals surface area contributed by atoms with Crippen LogP contribution in [0.15, 0.2) is 42.2 Å². The Balaban J connectivity index is 1.52. The number of ether oxygens (including phenoxy) is 5. The summed E-state index contributed by atoms with van der Waals surface area (Å²) >= 11 is 0. The van der Waals surface area contributed by atoms with Crippen LogP contribution in [0.25, 0.3) is 0 Å². The van der Waals surface area contributed by atoms with E-state index < -0.39 is 30.0 Å². The first-order chi connectivity index (χ1) is 17.1. The van der Waals surface area contributed by atoms with Gasteiger partial charge in [-0.3, -0.25) is 4.79 Å². The number of carboxylic acid groups (broad SMARTS) is 1. The third kappa shape index (κ3) is 7.67. The van der Waals surface area contributed by atoms with Crippen molar-refractivity contribution < 1.29 is 38.7 Å². The van der Waals surface area contributed by atoms with E-state index in [-0.39, 0.29) is 19.0 Å². The van der Waals surface area contributed by atoms with Crippen molar-refractivity contribution in [3.05, 3.63) is 42.2 Å². The normalized spacial score (nSPS) is 31.7. The molecule has 3 fully saturated rings. The first-order valence-corrected chi connectivity index (χ1v) is 12.9. The van der Waals surface area contributed by atoms with Gasteiger partial charge in [-0.2, -0.15) is 0 Å². The van der Waals surface area contributed by atoms with Gasteiger partial charge in [0.2, 0.25) is 0 Å². The zero-order valence-corrected chi connectivity index (χ0v) is 20.3. The number of aliphatic hydroxyl groups excluding tert-OH is 1. The van der Waals surface area contributed by atoms with Crippen LogP contribution in [-0.4, -0.2) is 60.8 Å². The largest absolute Gasteiger partial charge is 0.493 e. The van der Waals surface area contributed by atoms with Crippen LogP contribution in [0.3, 0.4) is 0 Å². The third-order valence-corrected chi connectivity index (χ3v) is 6.91. The maximum absolute atomic E-state index is 11.7. The molecule has 1 aromatic rings. The van der Waals surface area contributed by atoms with Gasteiger partial charge < -0.3 is 33.9 Å². The molecule has 0 bridgehead atoms. The topological polar surface area (TPSA) is 104 Å². The molecule has 8 heteroatoms. The molecule has 2 saturated heterocycles. The van der Waals surface area contributed by atoms with Gasteiger partial charge in [0.1, 0.15) is 11.5 Å². The van der Waals surface area contributed by atoms with Crippen LogP contribution in [0.1, 0.15) is 57.8 Å². The van der Waals surface area contributed by atoms with E-state index in [1.807, 2.05) is 36.4 Å². The van der Waals surface area contributed by atoms with Crippen molar-refractivity contribution in [3.8, 4) is 5.75 Å². The molecule has 6 atom stereocenters. The highest BCUT2D eigenvalue weighted by Crippen LogP contribution is 2.43. The van der Waals surface area contributed by atoms with Crippen molar-refractivity contribution in [1.82, 2.24) is 0 Å². The molecule has 0 radical (unpaired) electrons. The number of hydrogen-bond acceptors (Lipinski definition) is 7. The number of para-hydroxylation sites is 1. The summed E-state index contributed by atoms with van der Waals surface area (Å²) in [6, 6.07) is 9.59. The van der Waals surface area contributed by atoms with Crippen LogP contribution in [0, 0.1) is 11.8 Å². The third-order valence-electron chi connectivity index (χ3n) is 6.91. The van der Waals surface area contributed by atoms with E-state index in [0.29, 0.717) is 38.4 Å². The summed E-state index contributed by atoms with van der Waals surface area (Å²) in [5, 5.41) is 20.4. The van der Waals surface area contributed by atoms with E-state index in [2.05, 4.69) is 0 Å². The van der Waals surface area contributed by atoms with Gasteiger partial charge in [-0.05, 0) is 50.3 Å². The maximum Gasteiger partial charge on any atom is 0.303 e. The Bertz CT molecular complexity index is 801. The van der Waals surface area contributed by atoms with E-state index in [1.54, 1.807) is 0 Å². The second kappa shape index (κ2) is 13.3. The van der Waals surface area contributed by atoms with Gasteiger partial charge in [0.15, 0.2) is 12.6 Å². The van der Waals surface area contributed by atoms with Crippen molar-refractivity contribution >= 4 is 5.97 Å². The van der Waals surface area contributed by atoms with Crippen molar-refractivity contribution in [2.75, 3.05) is 19.8 Å². The molecule has 4 rings (SSSR count). The summed E-state index contributed by atoms with van der Waals surface area (Å²) in [5.74, 6) is -0.471. The lowest BCUT2D eigenvalue weighted by atomic mass is 9.88. The molecule has 3 aliphatic rings. The molecule has 1 aliphatic carbocycles. The summed E-state index contributed by atoms with van der Waals surface area (Å²) in [6.45, 7) is 1.73. The van der Waals surface area contributed by atoms with E-state index in [4.69, 9.17) is 23.7 Å². The van der Waals surface area contributed by atoms with Crippen molar-refractivity contribution in [1.29, 1.82) is 0 Å². The molecule has 2 unspecified atom stereocenters. The Labute approximate surface area is 207 Å². The van der Waals surface area contributed by atoms with Gasteiger partial charge in [0.05, 0.1) is 31.8 Å². The van der Waals surface area contributed by atoms with Gasteiger partial charge >= 0.3 is 5.97 Å². The van der Waals surface area contributed by atoms with E-state index in [1.165, 1.54) is 0 Å². The Morgan fingerprint density at radius 1 is 1.03 bits per heavy atom. The minimum absolute atomic E-state index is 0.163. The SMILES string of the molecule is O=C(O)C[C@@H]1[C@H](/C(=C\CCOc2ccccc2)OC2CCCCO2)[C@H](OC2CCCCO2)C[C@@H]1O. The number of benzene rings is 1. The lowest BCUT2D eigenvalue weighted by Gasteiger charge is -2.33. The predicted molar refractivity (Wildman–Crippen MR) is 128 cm³/mol. The highest BCUT2D eigenvalue weighted by molar-refractivity contribution is 5.67. The molecule has 2 aliphatic heterocycles. The average Bonchev–Trinajstić information content (AvgIpc) is 3.16. The van der Waals surface area contributed by atoms with Crippen LogP contribution in [0.2, 0.25) is 0 Å². The second-order valence-electron chi connectivity index (χ2n) is 9.53. The lowest BCUT2D eigenvalue weighted by Crippen LogP contribution is -2.35. The average molecular weight is 491 g/mol. The summed E-state index contributed by atoms with van der Waals surface area (Å²) in [7, 11) is 0. The van der Waals surface area contributed by atoms with E-state index >= 15 is 0 Å². The van der Waals surface area contributed by atoms with Crippen LogP contribution in [0.5, 0.6) is 5.75 Å². The Kier molecular flexibility index (Phi) is 9.83. The lowest BCUT2D eigenvalue weighted by molar-refractivity contribution is -0.201. The summed E-state index contributed by atoms with van der Waals surface area (Å²) in [6.07, 6.45) is 6.36. The Hall–Kier alpha value is -2.13. The van der Waals surface area contributed by atoms with Crippen LogP contribution < -0.4 is 4.74 Å². The standard InChI is InChI=1S/C27H38O8/c28-21-18-23(35-26-13-5-7-15-33-26)27(20(21)17-24(29)30)22(34-25-12-4-6-14-32-25)11-8-16-31-19-9-2-1-3-10-19/h1-3,9-11,20-21,23,25-28H,4-8,12-18H2,(H,29,30)/b22-11+/t20-,21-,23+,25?,26?,27+/m0/s1. The number of carbonyl (C=O) groups is 1. The summed E-state index contributed by atoms with van der Waals surface area (Å²) in [5.41, 5.74) is 0. The Morgan fingerprint density at radius 3 is 2.40 bits per heavy atom. The minimum Gasteiger partial charge on any atom is -0.493 e. The highest BCUT2D eigenvalue weighted by atomic mass is 16.7. The zero-order chi connectivity index (χ0) is 24.5. The fraction of sp³-hybridized carbons (Fsp3) is 0.667. The van der Waals surface area contributed by atoms with Crippen LogP contribution in [0.4, 0.5) is 0 Å². The number of aliphatic hydroxyl groups is 1. The number of rotatable bonds is 11. The number of hydrogen-bond donors (Lipinski definition) is 2. The quantitative estimate of drug-likeness (QED) is 0.350. The van der Waals surface area contributed by atoms with Gasteiger partial charge in [-0.1, -0.05) is 18.2 Å². The van der Waals surface area contributed by atoms with Gasteiger partial charge in [-0.25, -0.2) is 0 Å². The zero-order valence-electron chi connectivity index (χ0n) is 20.3. The minimum atomic E-state index is -0.950.